The molecule has 0 radical (unpaired) electrons. The van der Waals surface area contributed by atoms with E-state index in [1.807, 2.05) is 0 Å². The van der Waals surface area contributed by atoms with E-state index < -0.39 is 0 Å². The van der Waals surface area contributed by atoms with Crippen LogP contribution in [0.25, 0.3) is 0 Å². The highest BCUT2D eigenvalue weighted by molar-refractivity contribution is 7.10. The summed E-state index contributed by atoms with van der Waals surface area (Å²) in [5, 5.41) is 8.52. The third-order valence-corrected chi connectivity index (χ3v) is 4.41. The Labute approximate surface area is 137 Å². The quantitative estimate of drug-likeness (QED) is 0.457. The van der Waals surface area contributed by atoms with Gasteiger partial charge in [-0.2, -0.15) is 0 Å². The molecular formula is C16H26N4OS. The van der Waals surface area contributed by atoms with Crippen LogP contribution in [0.3, 0.4) is 0 Å². The van der Waals surface area contributed by atoms with Gasteiger partial charge in [-0.1, -0.05) is 26.0 Å². The van der Waals surface area contributed by atoms with Crippen molar-refractivity contribution in [3.8, 4) is 0 Å². The molecule has 1 aromatic heterocycles. The number of carbonyl (C=O) groups is 1. The summed E-state index contributed by atoms with van der Waals surface area (Å²) in [4.78, 5) is 18.8. The lowest BCUT2D eigenvalue weighted by Crippen LogP contribution is -2.44. The molecule has 1 aromatic rings. The smallest absolute Gasteiger partial charge is 0.243 e. The summed E-state index contributed by atoms with van der Waals surface area (Å²) >= 11 is 1.74. The molecule has 2 N–H and O–H groups in total. The average Bonchev–Trinajstić information content (AvgIpc) is 3.01. The summed E-state index contributed by atoms with van der Waals surface area (Å²) in [6.07, 6.45) is 1.76. The predicted molar refractivity (Wildman–Crippen MR) is 94.5 cm³/mol. The molecule has 0 saturated carbocycles. The van der Waals surface area contributed by atoms with Gasteiger partial charge in [-0.05, 0) is 11.4 Å². The molecule has 5 nitrogen and oxygen atoms in total. The van der Waals surface area contributed by atoms with Gasteiger partial charge in [0.1, 0.15) is 6.54 Å². The molecule has 0 bridgehead atoms. The minimum Gasteiger partial charge on any atom is -0.355 e. The van der Waals surface area contributed by atoms with Crippen LogP contribution in [0, 0.1) is 0 Å². The van der Waals surface area contributed by atoms with E-state index in [1.54, 1.807) is 31.5 Å². The monoisotopic (exact) mass is 322 g/mol. The minimum atomic E-state index is -0.0304. The maximum absolute atomic E-state index is 11.7. The fourth-order valence-corrected chi connectivity index (χ4v) is 2.54. The number of hydrogen-bond acceptors (Lipinski definition) is 3. The van der Waals surface area contributed by atoms with E-state index in [2.05, 4.69) is 53.6 Å². The van der Waals surface area contributed by atoms with E-state index in [9.17, 15) is 4.79 Å². The van der Waals surface area contributed by atoms with Gasteiger partial charge < -0.3 is 15.5 Å². The first-order valence-electron chi connectivity index (χ1n) is 7.24. The Morgan fingerprint density at radius 1 is 1.45 bits per heavy atom. The van der Waals surface area contributed by atoms with Gasteiger partial charge in [-0.25, -0.2) is 4.99 Å². The molecule has 0 atom stereocenters. The van der Waals surface area contributed by atoms with E-state index in [0.29, 0.717) is 12.5 Å². The van der Waals surface area contributed by atoms with Gasteiger partial charge in [0.2, 0.25) is 5.91 Å². The summed E-state index contributed by atoms with van der Waals surface area (Å²) in [6, 6.07) is 4.19. The van der Waals surface area contributed by atoms with Crippen molar-refractivity contribution in [3.63, 3.8) is 0 Å². The third-order valence-electron chi connectivity index (χ3n) is 3.17. The molecule has 1 heterocycles. The maximum Gasteiger partial charge on any atom is 0.243 e. The van der Waals surface area contributed by atoms with Crippen molar-refractivity contribution in [2.75, 3.05) is 33.7 Å². The molecule has 122 valence electrons. The highest BCUT2D eigenvalue weighted by Gasteiger charge is 2.22. The fourth-order valence-electron chi connectivity index (χ4n) is 1.69. The largest absolute Gasteiger partial charge is 0.355 e. The van der Waals surface area contributed by atoms with Gasteiger partial charge in [0.25, 0.3) is 0 Å². The number of amides is 1. The number of nitrogens with one attached hydrogen (secondary N) is 2. The Morgan fingerprint density at radius 3 is 2.73 bits per heavy atom. The zero-order valence-electron chi connectivity index (χ0n) is 13.8. The normalized spacial score (nSPS) is 11.9. The Morgan fingerprint density at radius 2 is 2.18 bits per heavy atom. The van der Waals surface area contributed by atoms with Crippen LogP contribution >= 0.6 is 11.3 Å². The molecule has 0 aromatic carbocycles. The summed E-state index contributed by atoms with van der Waals surface area (Å²) in [6.45, 7) is 9.50. The molecule has 0 spiro atoms. The Bertz CT molecular complexity index is 506. The fraction of sp³-hybridized carbons (Fsp3) is 0.500. The Hall–Kier alpha value is -1.82. The van der Waals surface area contributed by atoms with Crippen LogP contribution < -0.4 is 10.6 Å². The van der Waals surface area contributed by atoms with Crippen molar-refractivity contribution in [3.05, 3.63) is 35.0 Å². The van der Waals surface area contributed by atoms with Crippen LogP contribution in [0.4, 0.5) is 0 Å². The Balaban J connectivity index is 2.66. The topological polar surface area (TPSA) is 56.7 Å². The van der Waals surface area contributed by atoms with Crippen molar-refractivity contribution in [2.24, 2.45) is 4.99 Å². The molecule has 0 aliphatic rings. The van der Waals surface area contributed by atoms with Gasteiger partial charge in [-0.3, -0.25) is 4.79 Å². The zero-order chi connectivity index (χ0) is 16.6. The van der Waals surface area contributed by atoms with Crippen molar-refractivity contribution < 1.29 is 4.79 Å². The first kappa shape index (κ1) is 18.2. The van der Waals surface area contributed by atoms with E-state index in [-0.39, 0.29) is 17.9 Å². The number of guanidine groups is 1. The molecule has 0 aliphatic heterocycles. The van der Waals surface area contributed by atoms with Gasteiger partial charge >= 0.3 is 0 Å². The SMILES string of the molecule is C=CCNC(=NCC(=O)N(C)C)NCC(C)(C)c1cccs1. The standard InChI is InChI=1S/C16H26N4OS/c1-6-9-17-15(18-11-14(21)20(4)5)19-12-16(2,3)13-8-7-10-22-13/h6-8,10H,1,9,11-12H2,2-5H3,(H2,17,18,19). The van der Waals surface area contributed by atoms with Gasteiger partial charge in [0.05, 0.1) is 0 Å². The summed E-state index contributed by atoms with van der Waals surface area (Å²) in [5.74, 6) is 0.594. The molecule has 0 unspecified atom stereocenters. The van der Waals surface area contributed by atoms with Crippen LogP contribution in [-0.4, -0.2) is 50.5 Å². The lowest BCUT2D eigenvalue weighted by atomic mass is 9.91. The summed E-state index contributed by atoms with van der Waals surface area (Å²) in [7, 11) is 3.45. The summed E-state index contributed by atoms with van der Waals surface area (Å²) < 4.78 is 0. The van der Waals surface area contributed by atoms with Crippen LogP contribution in [0.5, 0.6) is 0 Å². The molecule has 22 heavy (non-hydrogen) atoms. The van der Waals surface area contributed by atoms with E-state index >= 15 is 0 Å². The second-order valence-corrected chi connectivity index (χ2v) is 6.79. The van der Waals surface area contributed by atoms with E-state index in [0.717, 1.165) is 6.54 Å². The van der Waals surface area contributed by atoms with Gasteiger partial charge in [0.15, 0.2) is 5.96 Å². The Kier molecular flexibility index (Phi) is 7.11. The number of carbonyl (C=O) groups excluding carboxylic acids is 1. The van der Waals surface area contributed by atoms with Crippen molar-refractivity contribution in [1.82, 2.24) is 15.5 Å². The van der Waals surface area contributed by atoms with Gasteiger partial charge in [-0.15, -0.1) is 17.9 Å². The van der Waals surface area contributed by atoms with Crippen LogP contribution in [0.2, 0.25) is 0 Å². The lowest BCUT2D eigenvalue weighted by molar-refractivity contribution is -0.127. The highest BCUT2D eigenvalue weighted by Crippen LogP contribution is 2.26. The zero-order valence-corrected chi connectivity index (χ0v) is 14.7. The second-order valence-electron chi connectivity index (χ2n) is 5.84. The first-order valence-corrected chi connectivity index (χ1v) is 8.12. The molecule has 1 rings (SSSR count). The van der Waals surface area contributed by atoms with E-state index in [1.165, 1.54) is 9.78 Å². The number of aliphatic imine (C=N–C) groups is 1. The lowest BCUT2D eigenvalue weighted by Gasteiger charge is -2.25. The number of likely N-dealkylation sites (N-methyl/N-ethyl adjacent to an activating group) is 1. The summed E-state index contributed by atoms with van der Waals surface area (Å²) in [5.41, 5.74) is -0.00362. The average molecular weight is 322 g/mol. The molecule has 0 aliphatic carbocycles. The number of thiophene rings is 1. The highest BCUT2D eigenvalue weighted by atomic mass is 32.1. The molecule has 6 heteroatoms. The molecule has 0 fully saturated rings. The van der Waals surface area contributed by atoms with Crippen LogP contribution in [-0.2, 0) is 10.2 Å². The number of rotatable bonds is 7. The maximum atomic E-state index is 11.7. The van der Waals surface area contributed by atoms with Gasteiger partial charge in [0, 0.05) is 37.5 Å². The third kappa shape index (κ3) is 5.89. The van der Waals surface area contributed by atoms with Crippen molar-refractivity contribution >= 4 is 23.2 Å². The van der Waals surface area contributed by atoms with E-state index in [4.69, 9.17) is 0 Å². The minimum absolute atomic E-state index is 0.00362. The number of nitrogens with zero attached hydrogens (tertiary/aromatic N) is 2. The van der Waals surface area contributed by atoms with Crippen molar-refractivity contribution in [2.45, 2.75) is 19.3 Å². The van der Waals surface area contributed by atoms with Crippen LogP contribution in [0.15, 0.2) is 35.2 Å². The van der Waals surface area contributed by atoms with Crippen LogP contribution in [0.1, 0.15) is 18.7 Å². The molecule has 1 amide bonds. The number of hydrogen-bond donors (Lipinski definition) is 2. The molecule has 0 saturated heterocycles. The molecular weight excluding hydrogens is 296 g/mol. The second kappa shape index (κ2) is 8.58. The predicted octanol–water partition coefficient (Wildman–Crippen LogP) is 1.84. The first-order chi connectivity index (χ1) is 10.4. The van der Waals surface area contributed by atoms with Crippen molar-refractivity contribution in [1.29, 1.82) is 0 Å².